The number of benzene rings is 2. The molecule has 2 aliphatic rings. The predicted molar refractivity (Wildman–Crippen MR) is 159 cm³/mol. The van der Waals surface area contributed by atoms with Crippen LogP contribution in [-0.2, 0) is 52.4 Å². The number of hydrogen-bond donors (Lipinski definition) is 0. The molecule has 0 N–H and O–H groups in total. The zero-order chi connectivity index (χ0) is 24.2. The van der Waals surface area contributed by atoms with Crippen molar-refractivity contribution >= 4 is 48.0 Å². The Morgan fingerprint density at radius 2 is 0.974 bits per heavy atom. The summed E-state index contributed by atoms with van der Waals surface area (Å²) in [6.45, 7) is 9.18. The molecule has 4 aromatic carbocycles. The van der Waals surface area contributed by atoms with Crippen LogP contribution < -0.4 is 20.0 Å². The Kier molecular flexibility index (Phi) is 22.6. The van der Waals surface area contributed by atoms with Gasteiger partial charge in [-0.25, -0.2) is 24.3 Å². The molecule has 0 aromatic heterocycles. The fraction of sp³-hybridized carbons (Fsp3) is 0.188. The molecule has 6 rings (SSSR count). The Morgan fingerprint density at radius 3 is 1.21 bits per heavy atom. The van der Waals surface area contributed by atoms with E-state index in [-0.39, 0.29) is 77.7 Å². The van der Waals surface area contributed by atoms with Gasteiger partial charge in [0.05, 0.1) is 0 Å². The van der Waals surface area contributed by atoms with Crippen LogP contribution in [0.2, 0.25) is 0 Å². The summed E-state index contributed by atoms with van der Waals surface area (Å²) in [5.74, 6) is 0. The Morgan fingerprint density at radius 1 is 0.605 bits per heavy atom. The van der Waals surface area contributed by atoms with Crippen molar-refractivity contribution in [3.8, 4) is 0 Å². The van der Waals surface area contributed by atoms with Crippen molar-refractivity contribution in [3.05, 3.63) is 121 Å². The molecule has 0 nitrogen and oxygen atoms in total. The third kappa shape index (κ3) is 13.4. The summed E-state index contributed by atoms with van der Waals surface area (Å²) in [6, 6.07) is 26.3. The molecule has 0 unspecified atom stereocenters. The van der Waals surface area contributed by atoms with Crippen LogP contribution in [0.3, 0.4) is 0 Å². The molecule has 0 spiro atoms. The maximum atomic E-state index is 2.99. The summed E-state index contributed by atoms with van der Waals surface area (Å²) in [6.07, 6.45) is 20.0. The Bertz CT molecular complexity index is 1090. The van der Waals surface area contributed by atoms with Crippen LogP contribution in [0.4, 0.5) is 0 Å². The first kappa shape index (κ1) is 39.3. The normalized spacial score (nSPS) is 11.7. The van der Waals surface area contributed by atoms with Gasteiger partial charge in [-0.05, 0) is 26.7 Å². The maximum Gasteiger partial charge on any atom is 2.00 e. The monoisotopic (exact) mass is 698 g/mol. The van der Waals surface area contributed by atoms with E-state index in [2.05, 4.69) is 124 Å². The summed E-state index contributed by atoms with van der Waals surface area (Å²) >= 11 is 0. The number of hydrogen-bond acceptors (Lipinski definition) is 0. The van der Waals surface area contributed by atoms with Gasteiger partial charge in [0.15, 0.2) is 0 Å². The molecule has 196 valence electrons. The van der Waals surface area contributed by atoms with Gasteiger partial charge < -0.3 is 9.41 Å². The molecule has 0 radical (unpaired) electrons. The van der Waals surface area contributed by atoms with Gasteiger partial charge in [0.1, 0.15) is 0 Å². The van der Waals surface area contributed by atoms with Crippen LogP contribution in [0.5, 0.6) is 0 Å². The largest absolute Gasteiger partial charge is 2.00 e. The standard InChI is InChI=1S/2C11H12P.2C5H5.2FH.2Zr/c2*1-12(2)11-7-9-5-3-4-6-10(9)8-11;2*1-2-4-5-3-1;;;;/h2*3-8H,1-2H3;2*1-3H,4H2;2*1H;;/q4*-1;;;2*+2/p-2. The van der Waals surface area contributed by atoms with Crippen LogP contribution >= 0.6 is 15.8 Å². The first-order valence-electron chi connectivity index (χ1n) is 11.6. The number of fused-ring (bicyclic) bond motifs is 2. The van der Waals surface area contributed by atoms with Crippen molar-refractivity contribution in [1.82, 2.24) is 0 Å². The summed E-state index contributed by atoms with van der Waals surface area (Å²) in [7, 11) is 0.115. The van der Waals surface area contributed by atoms with E-state index in [1.807, 2.05) is 24.3 Å². The number of halogens is 2. The molecule has 0 bridgehead atoms. The average molecular weight is 701 g/mol. The molecule has 6 heteroatoms. The van der Waals surface area contributed by atoms with Gasteiger partial charge in [-0.1, -0.05) is 12.1 Å². The van der Waals surface area contributed by atoms with Crippen molar-refractivity contribution in [3.63, 3.8) is 0 Å². The molecular formula is C32H34F2P2Zr2-2. The number of rotatable bonds is 2. The van der Waals surface area contributed by atoms with E-state index in [1.54, 1.807) is 0 Å². The first-order chi connectivity index (χ1) is 16.5. The van der Waals surface area contributed by atoms with Crippen LogP contribution in [-0.4, -0.2) is 26.7 Å². The predicted octanol–water partition coefficient (Wildman–Crippen LogP) is 2.47. The molecule has 0 saturated heterocycles. The molecule has 0 heterocycles. The topological polar surface area (TPSA) is 0 Å². The second kappa shape index (κ2) is 21.9. The van der Waals surface area contributed by atoms with Crippen molar-refractivity contribution in [2.75, 3.05) is 26.7 Å². The van der Waals surface area contributed by atoms with Gasteiger partial charge in [0, 0.05) is 0 Å². The summed E-state index contributed by atoms with van der Waals surface area (Å²) in [4.78, 5) is 0. The van der Waals surface area contributed by atoms with E-state index in [0.717, 1.165) is 12.8 Å². The van der Waals surface area contributed by atoms with Crippen molar-refractivity contribution in [2.24, 2.45) is 0 Å². The third-order valence-electron chi connectivity index (χ3n) is 5.41. The smallest absolute Gasteiger partial charge is 1.00 e. The minimum atomic E-state index is 0. The van der Waals surface area contributed by atoms with Gasteiger partial charge in [-0.3, -0.25) is 12.2 Å². The molecule has 0 fully saturated rings. The Hall–Kier alpha value is -0.894. The van der Waals surface area contributed by atoms with Crippen molar-refractivity contribution in [2.45, 2.75) is 12.8 Å². The molecule has 0 aliphatic heterocycles. The van der Waals surface area contributed by atoms with Crippen molar-refractivity contribution < 1.29 is 61.8 Å². The Labute approximate surface area is 268 Å². The fourth-order valence-electron chi connectivity index (χ4n) is 3.47. The third-order valence-corrected chi connectivity index (χ3v) is 7.99. The van der Waals surface area contributed by atoms with Crippen LogP contribution in [0, 0.1) is 12.2 Å². The van der Waals surface area contributed by atoms with Crippen LogP contribution in [0.15, 0.2) is 109 Å². The maximum absolute atomic E-state index is 2.99. The molecular weight excluding hydrogens is 667 g/mol. The number of allylic oxidation sites excluding steroid dienone is 8. The fourth-order valence-corrected chi connectivity index (χ4v) is 5.05. The second-order valence-corrected chi connectivity index (χ2v) is 13.1. The van der Waals surface area contributed by atoms with Gasteiger partial charge in [0.2, 0.25) is 0 Å². The van der Waals surface area contributed by atoms with Gasteiger partial charge >= 0.3 is 52.4 Å². The quantitative estimate of drug-likeness (QED) is 0.223. The average Bonchev–Trinajstić information content (AvgIpc) is 3.67. The van der Waals surface area contributed by atoms with Crippen molar-refractivity contribution in [1.29, 1.82) is 0 Å². The van der Waals surface area contributed by atoms with E-state index in [9.17, 15) is 0 Å². The molecule has 0 saturated carbocycles. The van der Waals surface area contributed by atoms with Crippen LogP contribution in [0.25, 0.3) is 21.5 Å². The molecule has 38 heavy (non-hydrogen) atoms. The SMILES string of the molecule is CP(C)c1cc2ccccc2[cH-]1.CP(C)c1cc2ccccc2[cH-]1.[C-]1=CC=CC1.[C-]1=CC=CC1.[F-].[F-].[Zr+2].[Zr+2]. The van der Waals surface area contributed by atoms with E-state index < -0.39 is 0 Å². The second-order valence-electron chi connectivity index (χ2n) is 8.48. The first-order valence-corrected chi connectivity index (χ1v) is 16.1. The summed E-state index contributed by atoms with van der Waals surface area (Å²) in [5, 5.41) is 8.53. The molecule has 2 aliphatic carbocycles. The molecule has 4 aromatic rings. The van der Waals surface area contributed by atoms with E-state index in [1.165, 1.54) is 32.2 Å². The zero-order valence-corrected chi connectivity index (χ0v) is 29.2. The van der Waals surface area contributed by atoms with Gasteiger partial charge in [-0.15, -0.1) is 109 Å². The van der Waals surface area contributed by atoms with Crippen LogP contribution in [0.1, 0.15) is 12.8 Å². The molecule has 0 atom stereocenters. The van der Waals surface area contributed by atoms with Gasteiger partial charge in [0.25, 0.3) is 0 Å². The van der Waals surface area contributed by atoms with E-state index >= 15 is 0 Å². The summed E-state index contributed by atoms with van der Waals surface area (Å²) in [5.41, 5.74) is 0. The minimum absolute atomic E-state index is 0. The zero-order valence-electron chi connectivity index (χ0n) is 22.5. The summed E-state index contributed by atoms with van der Waals surface area (Å²) < 4.78 is 0. The van der Waals surface area contributed by atoms with E-state index in [0.29, 0.717) is 0 Å². The molecule has 0 amide bonds. The van der Waals surface area contributed by atoms with Gasteiger partial charge in [-0.2, -0.15) is 24.3 Å². The minimum Gasteiger partial charge on any atom is -1.00 e. The Balaban J connectivity index is 0. The van der Waals surface area contributed by atoms with E-state index in [4.69, 9.17) is 0 Å².